The van der Waals surface area contributed by atoms with Crippen LogP contribution in [0.4, 0.5) is 17.6 Å². The molecule has 0 spiro atoms. The third-order valence-electron chi connectivity index (χ3n) is 5.22. The number of hydrogen-bond donors (Lipinski definition) is 0. The molecular formula is C22H21F4NO3S. The molecule has 31 heavy (non-hydrogen) atoms. The van der Waals surface area contributed by atoms with Crippen molar-refractivity contribution in [3.8, 4) is 0 Å². The van der Waals surface area contributed by atoms with Crippen molar-refractivity contribution < 1.29 is 30.8 Å². The lowest BCUT2D eigenvalue weighted by molar-refractivity contribution is -0.112. The Hall–Kier alpha value is -2.52. The van der Waals surface area contributed by atoms with Gasteiger partial charge >= 0.3 is 0 Å². The van der Waals surface area contributed by atoms with E-state index < -0.39 is 44.2 Å². The molecule has 0 aromatic heterocycles. The van der Waals surface area contributed by atoms with E-state index in [-0.39, 0.29) is 18.4 Å². The molecule has 2 aromatic rings. The molecule has 0 saturated heterocycles. The van der Waals surface area contributed by atoms with E-state index in [1.165, 1.54) is 13.0 Å². The van der Waals surface area contributed by atoms with E-state index in [4.69, 9.17) is 0 Å². The van der Waals surface area contributed by atoms with Crippen molar-refractivity contribution >= 4 is 21.9 Å². The van der Waals surface area contributed by atoms with Gasteiger partial charge in [-0.1, -0.05) is 43.2 Å². The van der Waals surface area contributed by atoms with Gasteiger partial charge in [-0.2, -0.15) is 4.31 Å². The number of ketones is 1. The van der Waals surface area contributed by atoms with Crippen molar-refractivity contribution in [3.63, 3.8) is 0 Å². The summed E-state index contributed by atoms with van der Waals surface area (Å²) in [6, 6.07) is 6.38. The van der Waals surface area contributed by atoms with Crippen LogP contribution in [-0.4, -0.2) is 24.5 Å². The largest absolute Gasteiger partial charge is 0.295 e. The maximum absolute atomic E-state index is 14.3. The van der Waals surface area contributed by atoms with E-state index >= 15 is 0 Å². The van der Waals surface area contributed by atoms with Crippen LogP contribution < -0.4 is 0 Å². The van der Waals surface area contributed by atoms with Crippen LogP contribution in [0, 0.1) is 23.3 Å². The topological polar surface area (TPSA) is 54.5 Å². The van der Waals surface area contributed by atoms with Gasteiger partial charge < -0.3 is 0 Å². The molecule has 4 nitrogen and oxygen atoms in total. The van der Waals surface area contributed by atoms with Crippen molar-refractivity contribution in [2.75, 3.05) is 0 Å². The monoisotopic (exact) mass is 455 g/mol. The van der Waals surface area contributed by atoms with Gasteiger partial charge in [0.05, 0.1) is 0 Å². The molecule has 0 N–H and O–H groups in total. The third-order valence-corrected chi connectivity index (χ3v) is 7.11. The van der Waals surface area contributed by atoms with Crippen molar-refractivity contribution in [1.82, 2.24) is 4.31 Å². The summed E-state index contributed by atoms with van der Waals surface area (Å²) in [7, 11) is -4.65. The molecule has 0 amide bonds. The summed E-state index contributed by atoms with van der Waals surface area (Å²) in [5.74, 6) is -8.05. The zero-order valence-corrected chi connectivity index (χ0v) is 17.6. The highest BCUT2D eigenvalue weighted by atomic mass is 32.2. The minimum atomic E-state index is -4.65. The first-order valence-electron chi connectivity index (χ1n) is 9.73. The lowest BCUT2D eigenvalue weighted by Gasteiger charge is -2.28. The van der Waals surface area contributed by atoms with Gasteiger partial charge in [0.2, 0.25) is 10.0 Å². The molecule has 1 fully saturated rings. The number of sulfonamides is 1. The molecule has 0 aliphatic heterocycles. The number of halogens is 4. The predicted octanol–water partition coefficient (Wildman–Crippen LogP) is 4.98. The predicted molar refractivity (Wildman–Crippen MR) is 107 cm³/mol. The maximum atomic E-state index is 14.3. The van der Waals surface area contributed by atoms with Crippen molar-refractivity contribution in [3.05, 3.63) is 70.8 Å². The average Bonchev–Trinajstić information content (AvgIpc) is 3.26. The van der Waals surface area contributed by atoms with E-state index in [0.717, 1.165) is 22.7 Å². The first-order valence-corrected chi connectivity index (χ1v) is 11.2. The van der Waals surface area contributed by atoms with Gasteiger partial charge in [0.25, 0.3) is 0 Å². The molecule has 1 aliphatic carbocycles. The van der Waals surface area contributed by atoms with Crippen LogP contribution in [0.5, 0.6) is 0 Å². The Bertz CT molecular complexity index is 1110. The molecule has 9 heteroatoms. The summed E-state index contributed by atoms with van der Waals surface area (Å²) in [4.78, 5) is 9.83. The van der Waals surface area contributed by atoms with Crippen LogP contribution in [-0.2, 0) is 21.4 Å². The van der Waals surface area contributed by atoms with Gasteiger partial charge in [0, 0.05) is 18.7 Å². The number of nitrogens with zero attached hydrogens (tertiary/aromatic N) is 1. The number of rotatable bonds is 7. The zero-order valence-electron chi connectivity index (χ0n) is 16.7. The third kappa shape index (κ3) is 5.04. The van der Waals surface area contributed by atoms with Gasteiger partial charge in [-0.25, -0.2) is 26.0 Å². The van der Waals surface area contributed by atoms with Gasteiger partial charge in [-0.3, -0.25) is 4.79 Å². The fourth-order valence-corrected chi connectivity index (χ4v) is 5.34. The second-order valence-corrected chi connectivity index (χ2v) is 9.33. The van der Waals surface area contributed by atoms with E-state index in [9.17, 15) is 30.8 Å². The van der Waals surface area contributed by atoms with Crippen LogP contribution >= 0.6 is 0 Å². The quantitative estimate of drug-likeness (QED) is 0.256. The van der Waals surface area contributed by atoms with Crippen LogP contribution in [0.2, 0.25) is 0 Å². The molecule has 0 bridgehead atoms. The fraction of sp³-hybridized carbons (Fsp3) is 0.318. The van der Waals surface area contributed by atoms with Gasteiger partial charge in [0.1, 0.15) is 4.90 Å². The second kappa shape index (κ2) is 9.32. The van der Waals surface area contributed by atoms with Crippen LogP contribution in [0.3, 0.4) is 0 Å². The summed E-state index contributed by atoms with van der Waals surface area (Å²) in [6.45, 7) is 1.26. The first-order chi connectivity index (χ1) is 14.6. The molecule has 1 aliphatic rings. The molecule has 2 aromatic carbocycles. The maximum Gasteiger partial charge on any atom is 0.246 e. The highest BCUT2D eigenvalue weighted by Crippen LogP contribution is 2.32. The normalized spacial score (nSPS) is 15.3. The second-order valence-electron chi connectivity index (χ2n) is 7.47. The molecule has 1 saturated carbocycles. The molecule has 166 valence electrons. The van der Waals surface area contributed by atoms with E-state index in [2.05, 4.69) is 0 Å². The van der Waals surface area contributed by atoms with E-state index in [1.807, 2.05) is 0 Å². The number of benzene rings is 2. The summed E-state index contributed by atoms with van der Waals surface area (Å²) in [6.07, 6.45) is 5.57. The molecule has 0 unspecified atom stereocenters. The van der Waals surface area contributed by atoms with Crippen LogP contribution in [0.15, 0.2) is 41.3 Å². The number of carbonyl (C=O) groups is 1. The zero-order chi connectivity index (χ0) is 22.8. The standard InChI is InChI=1S/C22H21F4NO3S/c1-14(28)6-7-15-8-10-16(11-9-15)13-27(17-4-2-3-5-17)31(29,30)19-12-18(23)20(24)22(26)21(19)25/h6-12,17H,2-5,13H2,1H3/b7-6+. The number of allylic oxidation sites excluding steroid dienone is 1. The summed E-state index contributed by atoms with van der Waals surface area (Å²) >= 11 is 0. The van der Waals surface area contributed by atoms with E-state index in [0.29, 0.717) is 18.4 Å². The molecule has 0 heterocycles. The summed E-state index contributed by atoms with van der Waals surface area (Å²) < 4.78 is 82.5. The molecule has 0 atom stereocenters. The Labute approximate surface area is 178 Å². The average molecular weight is 455 g/mol. The molecular weight excluding hydrogens is 434 g/mol. The fourth-order valence-electron chi connectivity index (χ4n) is 3.60. The summed E-state index contributed by atoms with van der Waals surface area (Å²) in [5.41, 5.74) is 1.29. The van der Waals surface area contributed by atoms with Crippen LogP contribution in [0.1, 0.15) is 43.7 Å². The highest BCUT2D eigenvalue weighted by molar-refractivity contribution is 7.89. The first kappa shape index (κ1) is 23.1. The molecule has 0 radical (unpaired) electrons. The Kier molecular flexibility index (Phi) is 6.96. The van der Waals surface area contributed by atoms with Gasteiger partial charge in [-0.05, 0) is 37.0 Å². The van der Waals surface area contributed by atoms with Crippen molar-refractivity contribution in [2.24, 2.45) is 0 Å². The van der Waals surface area contributed by atoms with Crippen molar-refractivity contribution in [2.45, 2.75) is 50.1 Å². The van der Waals surface area contributed by atoms with Crippen LogP contribution in [0.25, 0.3) is 6.08 Å². The van der Waals surface area contributed by atoms with Crippen molar-refractivity contribution in [1.29, 1.82) is 0 Å². The number of carbonyl (C=O) groups excluding carboxylic acids is 1. The highest BCUT2D eigenvalue weighted by Gasteiger charge is 2.37. The molecule has 3 rings (SSSR count). The SMILES string of the molecule is CC(=O)/C=C/c1ccc(CN(C2CCCC2)S(=O)(=O)c2cc(F)c(F)c(F)c2F)cc1. The summed E-state index contributed by atoms with van der Waals surface area (Å²) in [5, 5.41) is 0. The van der Waals surface area contributed by atoms with E-state index in [1.54, 1.807) is 30.3 Å². The minimum absolute atomic E-state index is 0.122. The Morgan fingerprint density at radius 2 is 1.65 bits per heavy atom. The number of hydrogen-bond acceptors (Lipinski definition) is 3. The lowest BCUT2D eigenvalue weighted by Crippen LogP contribution is -2.39. The smallest absolute Gasteiger partial charge is 0.246 e. The minimum Gasteiger partial charge on any atom is -0.295 e. The van der Waals surface area contributed by atoms with Gasteiger partial charge in [0.15, 0.2) is 29.1 Å². The Morgan fingerprint density at radius 3 is 2.23 bits per heavy atom. The lowest BCUT2D eigenvalue weighted by atomic mass is 10.1. The Balaban J connectivity index is 1.97. The van der Waals surface area contributed by atoms with Gasteiger partial charge in [-0.15, -0.1) is 0 Å². The Morgan fingerprint density at radius 1 is 1.03 bits per heavy atom.